The molecule has 0 radical (unpaired) electrons. The van der Waals surface area contributed by atoms with Crippen molar-refractivity contribution in [1.29, 1.82) is 0 Å². The van der Waals surface area contributed by atoms with Gasteiger partial charge in [-0.25, -0.2) is 18.8 Å². The fourth-order valence-corrected chi connectivity index (χ4v) is 7.35. The summed E-state index contributed by atoms with van der Waals surface area (Å²) in [6.07, 6.45) is 10.4. The second kappa shape index (κ2) is 22.5. The zero-order valence-electron chi connectivity index (χ0n) is 31.7. The molecule has 306 valence electrons. The van der Waals surface area contributed by atoms with Crippen molar-refractivity contribution >= 4 is 35.4 Å². The summed E-state index contributed by atoms with van der Waals surface area (Å²) in [5, 5.41) is 2.70. The molecule has 55 heavy (non-hydrogen) atoms. The molecule has 6 atom stereocenters. The van der Waals surface area contributed by atoms with Gasteiger partial charge >= 0.3 is 23.3 Å². The molecule has 2 fully saturated rings. The number of hydrogen-bond acceptors (Lipinski definition) is 13. The van der Waals surface area contributed by atoms with Crippen LogP contribution >= 0.6 is 11.8 Å². The van der Waals surface area contributed by atoms with Crippen molar-refractivity contribution in [2.24, 2.45) is 0 Å². The Morgan fingerprint density at radius 1 is 0.982 bits per heavy atom. The molecule has 2 aromatic rings. The van der Waals surface area contributed by atoms with Gasteiger partial charge < -0.3 is 30.0 Å². The number of aromatic nitrogens is 4. The molecule has 16 nitrogen and oxygen atoms in total. The fourth-order valence-electron chi connectivity index (χ4n) is 6.36. The monoisotopic (exact) mass is 794 g/mol. The van der Waals surface area contributed by atoms with Crippen molar-refractivity contribution in [3.63, 3.8) is 0 Å². The summed E-state index contributed by atoms with van der Waals surface area (Å²) in [5.74, 6) is -1.40. The highest BCUT2D eigenvalue weighted by atomic mass is 32.2. The Hall–Kier alpha value is -4.03. The molecule has 4 rings (SSSR count). The molecule has 2 aromatic heterocycles. The summed E-state index contributed by atoms with van der Waals surface area (Å²) in [6.45, 7) is 3.08. The van der Waals surface area contributed by atoms with E-state index in [1.807, 2.05) is 0 Å². The quantitative estimate of drug-likeness (QED) is 0.107. The topological polar surface area (TPSA) is 216 Å². The first-order chi connectivity index (χ1) is 26.4. The summed E-state index contributed by atoms with van der Waals surface area (Å²) in [6, 6.07) is 0.304. The molecule has 0 aromatic carbocycles. The average molecular weight is 795 g/mol. The number of esters is 2. The first-order valence-electron chi connectivity index (χ1n) is 19.3. The van der Waals surface area contributed by atoms with Crippen LogP contribution in [-0.2, 0) is 33.3 Å². The molecule has 4 N–H and O–H groups in total. The number of thioether (sulfide) groups is 1. The molecule has 2 aliphatic heterocycles. The number of aryl methyl sites for hydroxylation is 1. The first kappa shape index (κ1) is 43.7. The van der Waals surface area contributed by atoms with Crippen molar-refractivity contribution in [3.8, 4) is 0 Å². The lowest BCUT2D eigenvalue weighted by atomic mass is 10.0. The van der Waals surface area contributed by atoms with Crippen LogP contribution < -0.4 is 28.0 Å². The smallest absolute Gasteiger partial charge is 0.351 e. The van der Waals surface area contributed by atoms with Gasteiger partial charge in [0.25, 0.3) is 5.56 Å². The van der Waals surface area contributed by atoms with Crippen LogP contribution in [0.4, 0.5) is 10.2 Å². The molecule has 18 heteroatoms. The Labute approximate surface area is 323 Å². The second-order valence-corrected chi connectivity index (χ2v) is 15.2. The Morgan fingerprint density at radius 2 is 1.67 bits per heavy atom. The molecule has 2 aliphatic rings. The van der Waals surface area contributed by atoms with Gasteiger partial charge in [-0.15, -0.1) is 11.8 Å². The van der Waals surface area contributed by atoms with E-state index >= 15 is 0 Å². The Bertz CT molecular complexity index is 1740. The van der Waals surface area contributed by atoms with Gasteiger partial charge in [0.05, 0.1) is 0 Å². The number of ether oxygens (including phenoxy) is 4. The number of rotatable bonds is 23. The highest BCUT2D eigenvalue weighted by Gasteiger charge is 2.38. The lowest BCUT2D eigenvalue weighted by molar-refractivity contribution is -0.153. The van der Waals surface area contributed by atoms with Crippen LogP contribution in [0.15, 0.2) is 32.8 Å². The van der Waals surface area contributed by atoms with Crippen LogP contribution in [0.5, 0.6) is 0 Å². The summed E-state index contributed by atoms with van der Waals surface area (Å²) in [7, 11) is 0. The van der Waals surface area contributed by atoms with Gasteiger partial charge in [0.15, 0.2) is 0 Å². The van der Waals surface area contributed by atoms with Gasteiger partial charge in [0.1, 0.15) is 55.2 Å². The molecular weight excluding hydrogens is 740 g/mol. The van der Waals surface area contributed by atoms with Gasteiger partial charge in [0.2, 0.25) is 5.91 Å². The SMILES string of the molecule is CCCCCCCCCCCCCC(=O)N[C@@H](CCC(=O)OC[C@H]1O[C@@H](n2cc(C)c(=O)[nH]c2=O)C[C@@H]1F)C(=O)OC[C@@H]1O[C@H](n2ccc(N)nc2=O)CS1. The molecule has 0 aliphatic carbocycles. The number of nitrogen functional groups attached to an aromatic ring is 1. The zero-order chi connectivity index (χ0) is 39.7. The second-order valence-electron chi connectivity index (χ2n) is 14.0. The summed E-state index contributed by atoms with van der Waals surface area (Å²) >= 11 is 1.33. The maximum absolute atomic E-state index is 14.8. The van der Waals surface area contributed by atoms with E-state index in [-0.39, 0.29) is 49.6 Å². The first-order valence-corrected chi connectivity index (χ1v) is 20.3. The number of unbranched alkanes of at least 4 members (excludes halogenated alkanes) is 10. The summed E-state index contributed by atoms with van der Waals surface area (Å²) < 4.78 is 39.5. The molecule has 4 heterocycles. The molecule has 1 amide bonds. The predicted octanol–water partition coefficient (Wildman–Crippen LogP) is 3.95. The van der Waals surface area contributed by atoms with Crippen LogP contribution in [0, 0.1) is 6.92 Å². The van der Waals surface area contributed by atoms with Gasteiger partial charge in [-0.2, -0.15) is 4.98 Å². The molecule has 2 saturated heterocycles. The number of H-pyrrole nitrogens is 1. The molecule has 0 spiro atoms. The van der Waals surface area contributed by atoms with Gasteiger partial charge in [-0.05, 0) is 25.8 Å². The minimum absolute atomic E-state index is 0.0840. The van der Waals surface area contributed by atoms with Crippen molar-refractivity contribution < 1.29 is 37.7 Å². The number of nitrogens with one attached hydrogen (secondary N) is 2. The lowest BCUT2D eigenvalue weighted by Gasteiger charge is -2.20. The van der Waals surface area contributed by atoms with Crippen LogP contribution in [0.2, 0.25) is 0 Å². The molecule has 0 unspecified atom stereocenters. The third kappa shape index (κ3) is 14.2. The Morgan fingerprint density at radius 3 is 2.36 bits per heavy atom. The third-order valence-electron chi connectivity index (χ3n) is 9.55. The number of amides is 1. The number of carbonyl (C=O) groups is 3. The van der Waals surface area contributed by atoms with E-state index in [9.17, 15) is 33.2 Å². The van der Waals surface area contributed by atoms with Crippen molar-refractivity contribution in [2.75, 3.05) is 24.7 Å². The minimum Gasteiger partial charge on any atom is -0.463 e. The minimum atomic E-state index is -1.56. The van der Waals surface area contributed by atoms with E-state index in [2.05, 4.69) is 22.2 Å². The molecule has 0 saturated carbocycles. The summed E-state index contributed by atoms with van der Waals surface area (Å²) in [5.41, 5.74) is 3.34. The van der Waals surface area contributed by atoms with Crippen molar-refractivity contribution in [1.82, 2.24) is 24.4 Å². The largest absolute Gasteiger partial charge is 0.463 e. The highest BCUT2D eigenvalue weighted by Crippen LogP contribution is 2.32. The fraction of sp³-hybridized carbons (Fsp3) is 0.703. The van der Waals surface area contributed by atoms with E-state index in [1.54, 1.807) is 0 Å². The number of anilines is 1. The number of hydrogen-bond donors (Lipinski definition) is 3. The number of nitrogens with zero attached hydrogens (tertiary/aromatic N) is 3. The number of nitrogens with two attached hydrogens (primary N) is 1. The third-order valence-corrected chi connectivity index (χ3v) is 10.6. The van der Waals surface area contributed by atoms with Crippen LogP contribution in [0.25, 0.3) is 0 Å². The predicted molar refractivity (Wildman–Crippen MR) is 203 cm³/mol. The number of carbonyl (C=O) groups excluding carboxylic acids is 3. The van der Waals surface area contributed by atoms with E-state index in [0.29, 0.717) is 12.2 Å². The van der Waals surface area contributed by atoms with Crippen molar-refractivity contribution in [3.05, 3.63) is 55.3 Å². The molecule has 0 bridgehead atoms. The van der Waals surface area contributed by atoms with Gasteiger partial charge in [0, 0.05) is 43.0 Å². The van der Waals surface area contributed by atoms with Crippen LogP contribution in [0.3, 0.4) is 0 Å². The van der Waals surface area contributed by atoms with Crippen molar-refractivity contribution in [2.45, 2.75) is 146 Å². The normalized spacial score (nSPS) is 21.3. The standard InChI is InChI=1S/C37H55FN6O10S/c1-3-4-5-6-7-8-9-10-11-12-13-14-29(45)40-26(35(48)52-22-33-54-31(23-55-33)43-18-17-28(39)41-36(43)49)15-16-32(46)51-21-27-25(38)19-30(53-27)44-20-24(2)34(47)42-37(44)50/h17-18,20,25-27,30-31,33H,3-16,19,21-23H2,1-2H3,(H,40,45)(H2,39,41,49)(H,42,47,50)/t25-,26-,27+,30+,31-,33+/m0/s1. The zero-order valence-corrected chi connectivity index (χ0v) is 32.5. The molecular formula is C37H55FN6O10S. The van der Waals surface area contributed by atoms with E-state index in [4.69, 9.17) is 24.7 Å². The Kier molecular flexibility index (Phi) is 17.9. The highest BCUT2D eigenvalue weighted by molar-refractivity contribution is 8.00. The van der Waals surface area contributed by atoms with Gasteiger partial charge in [-0.3, -0.25) is 28.5 Å². The van der Waals surface area contributed by atoms with E-state index in [0.717, 1.165) is 23.8 Å². The Balaban J connectivity index is 1.24. The maximum atomic E-state index is 14.8. The summed E-state index contributed by atoms with van der Waals surface area (Å²) in [4.78, 5) is 81.0. The number of halogens is 1. The number of aromatic amines is 1. The van der Waals surface area contributed by atoms with Crippen LogP contribution in [0.1, 0.15) is 121 Å². The van der Waals surface area contributed by atoms with Gasteiger partial charge in [-0.1, -0.05) is 71.1 Å². The van der Waals surface area contributed by atoms with Crippen LogP contribution in [-0.4, -0.2) is 79.7 Å². The average Bonchev–Trinajstić information content (AvgIpc) is 3.78. The van der Waals surface area contributed by atoms with E-state index in [1.165, 1.54) is 86.7 Å². The number of alkyl halides is 1. The maximum Gasteiger partial charge on any atom is 0.351 e. The van der Waals surface area contributed by atoms with E-state index < -0.39 is 71.7 Å². The lowest BCUT2D eigenvalue weighted by Crippen LogP contribution is -2.42.